The summed E-state index contributed by atoms with van der Waals surface area (Å²) in [7, 11) is 1.90. The van der Waals surface area contributed by atoms with E-state index in [0.717, 1.165) is 12.4 Å². The van der Waals surface area contributed by atoms with Crippen LogP contribution in [0.5, 0.6) is 0 Å². The Hall–Kier alpha value is -2.17. The van der Waals surface area contributed by atoms with Gasteiger partial charge in [0.1, 0.15) is 11.6 Å². The number of hydrogen-bond donors (Lipinski definition) is 1. The SMILES string of the molecule is CCNc1nccc(N(C)C(C)c2ccccc2F)n1. The molecule has 0 fully saturated rings. The van der Waals surface area contributed by atoms with Crippen LogP contribution in [0.1, 0.15) is 25.5 Å². The molecule has 1 atom stereocenters. The van der Waals surface area contributed by atoms with Crippen molar-refractivity contribution >= 4 is 11.8 Å². The van der Waals surface area contributed by atoms with Crippen molar-refractivity contribution in [2.24, 2.45) is 0 Å². The Morgan fingerprint density at radius 1 is 1.30 bits per heavy atom. The summed E-state index contributed by atoms with van der Waals surface area (Å²) in [6, 6.07) is 8.51. The van der Waals surface area contributed by atoms with Crippen LogP contribution in [0.15, 0.2) is 36.5 Å². The zero-order chi connectivity index (χ0) is 14.5. The van der Waals surface area contributed by atoms with Gasteiger partial charge in [0, 0.05) is 25.4 Å². The Bertz CT molecular complexity index is 573. The van der Waals surface area contributed by atoms with Gasteiger partial charge in [0.15, 0.2) is 0 Å². The molecule has 20 heavy (non-hydrogen) atoms. The highest BCUT2D eigenvalue weighted by Gasteiger charge is 2.17. The average Bonchev–Trinajstić information content (AvgIpc) is 2.47. The van der Waals surface area contributed by atoms with Gasteiger partial charge in [-0.3, -0.25) is 0 Å². The molecule has 0 aliphatic heterocycles. The molecule has 4 nitrogen and oxygen atoms in total. The number of rotatable bonds is 5. The molecule has 1 aromatic carbocycles. The van der Waals surface area contributed by atoms with E-state index in [2.05, 4.69) is 15.3 Å². The first-order valence-electron chi connectivity index (χ1n) is 6.67. The van der Waals surface area contributed by atoms with E-state index in [1.165, 1.54) is 6.07 Å². The van der Waals surface area contributed by atoms with Crippen molar-refractivity contribution < 1.29 is 4.39 Å². The van der Waals surface area contributed by atoms with E-state index in [-0.39, 0.29) is 11.9 Å². The van der Waals surface area contributed by atoms with Gasteiger partial charge in [-0.1, -0.05) is 18.2 Å². The second-order valence-electron chi connectivity index (χ2n) is 4.58. The van der Waals surface area contributed by atoms with Crippen LogP contribution in [0.4, 0.5) is 16.2 Å². The molecule has 1 aromatic heterocycles. The molecule has 0 saturated heterocycles. The molecule has 0 spiro atoms. The smallest absolute Gasteiger partial charge is 0.224 e. The van der Waals surface area contributed by atoms with Gasteiger partial charge in [-0.05, 0) is 26.0 Å². The van der Waals surface area contributed by atoms with Crippen molar-refractivity contribution in [3.05, 3.63) is 47.9 Å². The second kappa shape index (κ2) is 6.32. The molecule has 2 aromatic rings. The van der Waals surface area contributed by atoms with E-state index in [4.69, 9.17) is 0 Å². The fourth-order valence-electron chi connectivity index (χ4n) is 2.01. The minimum atomic E-state index is -0.201. The molecule has 2 rings (SSSR count). The number of halogens is 1. The zero-order valence-electron chi connectivity index (χ0n) is 12.0. The first-order chi connectivity index (χ1) is 9.63. The Kier molecular flexibility index (Phi) is 4.50. The van der Waals surface area contributed by atoms with Crippen molar-refractivity contribution in [1.29, 1.82) is 0 Å². The fourth-order valence-corrected chi connectivity index (χ4v) is 2.01. The molecule has 5 heteroatoms. The summed E-state index contributed by atoms with van der Waals surface area (Å²) in [5, 5.41) is 3.07. The zero-order valence-corrected chi connectivity index (χ0v) is 12.0. The van der Waals surface area contributed by atoms with Gasteiger partial charge in [-0.25, -0.2) is 9.37 Å². The molecule has 0 aliphatic rings. The van der Waals surface area contributed by atoms with Gasteiger partial charge < -0.3 is 10.2 Å². The lowest BCUT2D eigenvalue weighted by atomic mass is 10.1. The molecular weight excluding hydrogens is 255 g/mol. The lowest BCUT2D eigenvalue weighted by molar-refractivity contribution is 0.584. The standard InChI is InChI=1S/C15H19FN4/c1-4-17-15-18-10-9-14(19-15)20(3)11(2)12-7-5-6-8-13(12)16/h5-11H,4H2,1-3H3,(H,17,18,19). The van der Waals surface area contributed by atoms with E-state index in [9.17, 15) is 4.39 Å². The molecule has 0 radical (unpaired) electrons. The maximum absolute atomic E-state index is 13.8. The molecule has 0 bridgehead atoms. The van der Waals surface area contributed by atoms with E-state index in [1.54, 1.807) is 18.3 Å². The van der Waals surface area contributed by atoms with Gasteiger partial charge in [0.2, 0.25) is 5.95 Å². The summed E-state index contributed by atoms with van der Waals surface area (Å²) in [5.74, 6) is 1.14. The Balaban J connectivity index is 2.24. The highest BCUT2D eigenvalue weighted by molar-refractivity contribution is 5.44. The monoisotopic (exact) mass is 274 g/mol. The van der Waals surface area contributed by atoms with Crippen LogP contribution in [-0.2, 0) is 0 Å². The molecule has 0 amide bonds. The molecule has 1 unspecified atom stereocenters. The molecule has 0 saturated carbocycles. The minimum Gasteiger partial charge on any atom is -0.354 e. The van der Waals surface area contributed by atoms with Crippen LogP contribution in [0, 0.1) is 5.82 Å². The van der Waals surface area contributed by atoms with Gasteiger partial charge in [0.25, 0.3) is 0 Å². The topological polar surface area (TPSA) is 41.1 Å². The van der Waals surface area contributed by atoms with Crippen LogP contribution < -0.4 is 10.2 Å². The lowest BCUT2D eigenvalue weighted by Gasteiger charge is -2.26. The number of hydrogen-bond acceptors (Lipinski definition) is 4. The third-order valence-corrected chi connectivity index (χ3v) is 3.27. The number of anilines is 2. The minimum absolute atomic E-state index is 0.111. The third-order valence-electron chi connectivity index (χ3n) is 3.27. The Morgan fingerprint density at radius 3 is 2.75 bits per heavy atom. The van der Waals surface area contributed by atoms with E-state index >= 15 is 0 Å². The summed E-state index contributed by atoms with van der Waals surface area (Å²) >= 11 is 0. The number of nitrogens with zero attached hydrogens (tertiary/aromatic N) is 3. The van der Waals surface area contributed by atoms with Crippen molar-refractivity contribution in [2.75, 3.05) is 23.8 Å². The summed E-state index contributed by atoms with van der Waals surface area (Å²) < 4.78 is 13.8. The number of nitrogens with one attached hydrogen (secondary N) is 1. The summed E-state index contributed by atoms with van der Waals surface area (Å²) in [4.78, 5) is 10.5. The summed E-state index contributed by atoms with van der Waals surface area (Å²) in [6.45, 7) is 4.70. The van der Waals surface area contributed by atoms with Crippen molar-refractivity contribution in [3.63, 3.8) is 0 Å². The van der Waals surface area contributed by atoms with Crippen molar-refractivity contribution in [1.82, 2.24) is 9.97 Å². The third kappa shape index (κ3) is 3.04. The summed E-state index contributed by atoms with van der Waals surface area (Å²) in [5.41, 5.74) is 0.651. The van der Waals surface area contributed by atoms with E-state index in [0.29, 0.717) is 11.5 Å². The first kappa shape index (κ1) is 14.2. The molecule has 1 N–H and O–H groups in total. The van der Waals surface area contributed by atoms with E-state index in [1.807, 2.05) is 37.9 Å². The van der Waals surface area contributed by atoms with Gasteiger partial charge in [-0.15, -0.1) is 0 Å². The first-order valence-corrected chi connectivity index (χ1v) is 6.67. The molecular formula is C15H19FN4. The second-order valence-corrected chi connectivity index (χ2v) is 4.58. The fraction of sp³-hybridized carbons (Fsp3) is 0.333. The molecule has 1 heterocycles. The van der Waals surface area contributed by atoms with Gasteiger partial charge in [-0.2, -0.15) is 4.98 Å². The predicted molar refractivity (Wildman–Crippen MR) is 79.4 cm³/mol. The largest absolute Gasteiger partial charge is 0.354 e. The Labute approximate surface area is 118 Å². The van der Waals surface area contributed by atoms with E-state index < -0.39 is 0 Å². The van der Waals surface area contributed by atoms with Crippen molar-refractivity contribution in [2.45, 2.75) is 19.9 Å². The van der Waals surface area contributed by atoms with Gasteiger partial charge in [0.05, 0.1) is 6.04 Å². The van der Waals surface area contributed by atoms with Crippen LogP contribution in [0.2, 0.25) is 0 Å². The van der Waals surface area contributed by atoms with Crippen molar-refractivity contribution in [3.8, 4) is 0 Å². The normalized spacial score (nSPS) is 12.0. The lowest BCUT2D eigenvalue weighted by Crippen LogP contribution is -2.24. The van der Waals surface area contributed by atoms with Crippen LogP contribution in [0.3, 0.4) is 0 Å². The molecule has 0 aliphatic carbocycles. The summed E-state index contributed by atoms with van der Waals surface area (Å²) in [6.07, 6.45) is 1.70. The average molecular weight is 274 g/mol. The van der Waals surface area contributed by atoms with Crippen LogP contribution in [0.25, 0.3) is 0 Å². The highest BCUT2D eigenvalue weighted by atomic mass is 19.1. The predicted octanol–water partition coefficient (Wildman–Crippen LogP) is 3.24. The van der Waals surface area contributed by atoms with Crippen LogP contribution in [-0.4, -0.2) is 23.6 Å². The number of aromatic nitrogens is 2. The maximum atomic E-state index is 13.8. The Morgan fingerprint density at radius 2 is 2.05 bits per heavy atom. The molecule has 106 valence electrons. The highest BCUT2D eigenvalue weighted by Crippen LogP contribution is 2.25. The van der Waals surface area contributed by atoms with Gasteiger partial charge >= 0.3 is 0 Å². The number of benzene rings is 1. The quantitative estimate of drug-likeness (QED) is 0.908. The maximum Gasteiger partial charge on any atom is 0.224 e. The van der Waals surface area contributed by atoms with Crippen LogP contribution >= 0.6 is 0 Å².